The molecular formula is C7H14N2O3. The molecule has 0 radical (unpaired) electrons. The predicted molar refractivity (Wildman–Crippen MR) is 42.8 cm³/mol. The quantitative estimate of drug-likeness (QED) is 0.549. The van der Waals surface area contributed by atoms with E-state index in [-0.39, 0.29) is 12.2 Å². The Morgan fingerprint density at radius 1 is 1.75 bits per heavy atom. The van der Waals surface area contributed by atoms with Crippen molar-refractivity contribution in [2.45, 2.75) is 12.5 Å². The normalized spacial score (nSPS) is 22.1. The molecule has 1 heterocycles. The number of alkyl carbamates (subject to hydrolysis) is 1. The van der Waals surface area contributed by atoms with Crippen molar-refractivity contribution < 1.29 is 14.3 Å². The predicted octanol–water partition coefficient (Wildman–Crippen LogP) is -0.540. The molecule has 1 aliphatic rings. The Hall–Kier alpha value is -0.810. The number of carbonyl (C=O) groups is 1. The molecule has 0 spiro atoms. The van der Waals surface area contributed by atoms with Gasteiger partial charge >= 0.3 is 6.09 Å². The van der Waals surface area contributed by atoms with Crippen molar-refractivity contribution in [3.05, 3.63) is 0 Å². The lowest BCUT2D eigenvalue weighted by atomic mass is 10.4. The van der Waals surface area contributed by atoms with Gasteiger partial charge in [-0.15, -0.1) is 0 Å². The number of rotatable bonds is 5. The molecule has 0 aromatic carbocycles. The van der Waals surface area contributed by atoms with Gasteiger partial charge in [0, 0.05) is 6.61 Å². The van der Waals surface area contributed by atoms with E-state index in [1.165, 1.54) is 0 Å². The van der Waals surface area contributed by atoms with Crippen molar-refractivity contribution in [1.82, 2.24) is 5.32 Å². The number of amides is 1. The van der Waals surface area contributed by atoms with Crippen molar-refractivity contribution in [3.8, 4) is 0 Å². The fourth-order valence-corrected chi connectivity index (χ4v) is 0.925. The third-order valence-electron chi connectivity index (χ3n) is 1.54. The van der Waals surface area contributed by atoms with E-state index in [9.17, 15) is 4.79 Å². The minimum absolute atomic E-state index is 0.129. The second kappa shape index (κ2) is 4.95. The van der Waals surface area contributed by atoms with Crippen molar-refractivity contribution in [2.24, 2.45) is 5.73 Å². The highest BCUT2D eigenvalue weighted by molar-refractivity contribution is 5.69. The zero-order chi connectivity index (χ0) is 8.81. The maximum atomic E-state index is 10.5. The molecule has 1 saturated heterocycles. The van der Waals surface area contributed by atoms with E-state index < -0.39 is 0 Å². The summed E-state index contributed by atoms with van der Waals surface area (Å²) in [5, 5.41) is 2.54. The first kappa shape index (κ1) is 9.28. The number of hydrogen-bond acceptors (Lipinski definition) is 4. The molecule has 1 fully saturated rings. The summed E-state index contributed by atoms with van der Waals surface area (Å²) in [6, 6.07) is 0. The Labute approximate surface area is 71.2 Å². The summed E-state index contributed by atoms with van der Waals surface area (Å²) in [5.41, 5.74) is 5.27. The Kier molecular flexibility index (Phi) is 3.83. The standard InChI is InChI=1S/C7H14N2O3/c8-2-1-3-11-5-6-4-9-7(10)12-6/h6H,1-5,8H2,(H,9,10). The summed E-state index contributed by atoms with van der Waals surface area (Å²) in [4.78, 5) is 10.5. The van der Waals surface area contributed by atoms with Crippen LogP contribution < -0.4 is 11.1 Å². The van der Waals surface area contributed by atoms with Gasteiger partial charge in [-0.1, -0.05) is 0 Å². The average molecular weight is 174 g/mol. The van der Waals surface area contributed by atoms with Gasteiger partial charge in [-0.25, -0.2) is 4.79 Å². The van der Waals surface area contributed by atoms with Crippen LogP contribution in [-0.2, 0) is 9.47 Å². The molecule has 70 valence electrons. The second-order valence-corrected chi connectivity index (χ2v) is 2.63. The van der Waals surface area contributed by atoms with E-state index in [0.29, 0.717) is 26.3 Å². The molecule has 5 heteroatoms. The number of nitrogens with two attached hydrogens (primary N) is 1. The molecule has 1 unspecified atom stereocenters. The fourth-order valence-electron chi connectivity index (χ4n) is 0.925. The Morgan fingerprint density at radius 3 is 3.17 bits per heavy atom. The van der Waals surface area contributed by atoms with Crippen molar-refractivity contribution >= 4 is 6.09 Å². The van der Waals surface area contributed by atoms with Crippen LogP contribution in [-0.4, -0.2) is 38.5 Å². The summed E-state index contributed by atoms with van der Waals surface area (Å²) < 4.78 is 10.0. The lowest BCUT2D eigenvalue weighted by Crippen LogP contribution is -2.21. The summed E-state index contributed by atoms with van der Waals surface area (Å²) >= 11 is 0. The van der Waals surface area contributed by atoms with E-state index in [1.807, 2.05) is 0 Å². The van der Waals surface area contributed by atoms with Gasteiger partial charge < -0.3 is 20.5 Å². The molecule has 1 amide bonds. The highest BCUT2D eigenvalue weighted by Crippen LogP contribution is 2.00. The van der Waals surface area contributed by atoms with Gasteiger partial charge in [0.25, 0.3) is 0 Å². The van der Waals surface area contributed by atoms with Crippen molar-refractivity contribution in [1.29, 1.82) is 0 Å². The molecule has 0 aromatic rings. The Morgan fingerprint density at radius 2 is 2.58 bits per heavy atom. The first-order valence-electron chi connectivity index (χ1n) is 4.05. The molecule has 0 saturated carbocycles. The second-order valence-electron chi connectivity index (χ2n) is 2.63. The lowest BCUT2D eigenvalue weighted by Gasteiger charge is -2.07. The highest BCUT2D eigenvalue weighted by atomic mass is 16.6. The van der Waals surface area contributed by atoms with E-state index in [4.69, 9.17) is 15.2 Å². The van der Waals surface area contributed by atoms with Crippen molar-refractivity contribution in [3.63, 3.8) is 0 Å². The van der Waals surface area contributed by atoms with Gasteiger partial charge in [0.1, 0.15) is 6.10 Å². The SMILES string of the molecule is NCCCOCC1CNC(=O)O1. The third kappa shape index (κ3) is 3.06. The van der Waals surface area contributed by atoms with E-state index in [2.05, 4.69) is 5.32 Å². The van der Waals surface area contributed by atoms with Crippen molar-refractivity contribution in [2.75, 3.05) is 26.3 Å². The molecule has 5 nitrogen and oxygen atoms in total. The molecule has 0 aromatic heterocycles. The monoisotopic (exact) mass is 174 g/mol. The average Bonchev–Trinajstić information content (AvgIpc) is 2.45. The molecular weight excluding hydrogens is 160 g/mol. The van der Waals surface area contributed by atoms with E-state index in [0.717, 1.165) is 6.42 Å². The van der Waals surface area contributed by atoms with E-state index in [1.54, 1.807) is 0 Å². The van der Waals surface area contributed by atoms with Crippen LogP contribution in [0.5, 0.6) is 0 Å². The van der Waals surface area contributed by atoms with Gasteiger partial charge in [0.2, 0.25) is 0 Å². The van der Waals surface area contributed by atoms with Gasteiger partial charge in [0.15, 0.2) is 0 Å². The van der Waals surface area contributed by atoms with Crippen LogP contribution in [0.4, 0.5) is 4.79 Å². The van der Waals surface area contributed by atoms with Gasteiger partial charge in [-0.2, -0.15) is 0 Å². The van der Waals surface area contributed by atoms with Crippen LogP contribution in [0.25, 0.3) is 0 Å². The summed E-state index contributed by atoms with van der Waals surface area (Å²) in [7, 11) is 0. The van der Waals surface area contributed by atoms with Crippen LogP contribution in [0.1, 0.15) is 6.42 Å². The largest absolute Gasteiger partial charge is 0.442 e. The summed E-state index contributed by atoms with van der Waals surface area (Å²) in [6.07, 6.45) is 0.353. The molecule has 12 heavy (non-hydrogen) atoms. The fraction of sp³-hybridized carbons (Fsp3) is 0.857. The molecule has 0 bridgehead atoms. The number of cyclic esters (lactones) is 1. The number of ether oxygens (including phenoxy) is 2. The van der Waals surface area contributed by atoms with Gasteiger partial charge in [-0.3, -0.25) is 0 Å². The number of hydrogen-bond donors (Lipinski definition) is 2. The molecule has 0 aliphatic carbocycles. The van der Waals surface area contributed by atoms with Crippen LogP contribution in [0.15, 0.2) is 0 Å². The van der Waals surface area contributed by atoms with Crippen LogP contribution in [0, 0.1) is 0 Å². The Balaban J connectivity index is 1.97. The maximum Gasteiger partial charge on any atom is 0.407 e. The van der Waals surface area contributed by atoms with Crippen LogP contribution in [0.2, 0.25) is 0 Å². The molecule has 1 atom stereocenters. The smallest absolute Gasteiger partial charge is 0.407 e. The summed E-state index contributed by atoms with van der Waals surface area (Å²) in [6.45, 7) is 2.26. The first-order valence-corrected chi connectivity index (χ1v) is 4.05. The molecule has 1 rings (SSSR count). The minimum Gasteiger partial charge on any atom is -0.442 e. The van der Waals surface area contributed by atoms with E-state index >= 15 is 0 Å². The molecule has 1 aliphatic heterocycles. The maximum absolute atomic E-state index is 10.5. The Bertz CT molecular complexity index is 152. The van der Waals surface area contributed by atoms with Crippen LogP contribution >= 0.6 is 0 Å². The van der Waals surface area contributed by atoms with Crippen LogP contribution in [0.3, 0.4) is 0 Å². The van der Waals surface area contributed by atoms with Gasteiger partial charge in [0.05, 0.1) is 13.2 Å². The topological polar surface area (TPSA) is 73.6 Å². The zero-order valence-electron chi connectivity index (χ0n) is 6.91. The molecule has 3 N–H and O–H groups in total. The number of nitrogens with one attached hydrogen (secondary N) is 1. The summed E-state index contributed by atoms with van der Waals surface area (Å²) in [5.74, 6) is 0. The number of carbonyl (C=O) groups excluding carboxylic acids is 1. The lowest BCUT2D eigenvalue weighted by molar-refractivity contribution is 0.0456. The zero-order valence-corrected chi connectivity index (χ0v) is 6.91. The third-order valence-corrected chi connectivity index (χ3v) is 1.54. The minimum atomic E-state index is -0.359. The highest BCUT2D eigenvalue weighted by Gasteiger charge is 2.21. The first-order chi connectivity index (χ1) is 5.83. The van der Waals surface area contributed by atoms with Gasteiger partial charge in [-0.05, 0) is 13.0 Å².